The first-order valence-corrected chi connectivity index (χ1v) is 3.24. The average Bonchev–Trinajstić information content (AvgIpc) is 1.84. The molecule has 0 aromatic heterocycles. The van der Waals surface area contributed by atoms with Crippen LogP contribution in [-0.4, -0.2) is 11.5 Å². The number of ketones is 1. The SMILES string of the molecule is N=C1C=C(Cl)C(=O)C=C1Cl. The summed E-state index contributed by atoms with van der Waals surface area (Å²) in [5.41, 5.74) is 0.0752. The third-order valence-corrected chi connectivity index (χ3v) is 1.63. The highest BCUT2D eigenvalue weighted by molar-refractivity contribution is 6.54. The van der Waals surface area contributed by atoms with Gasteiger partial charge in [-0.05, 0) is 6.08 Å². The Kier molecular flexibility index (Phi) is 1.92. The summed E-state index contributed by atoms with van der Waals surface area (Å²) >= 11 is 10.8. The molecule has 0 aromatic carbocycles. The molecule has 4 heteroatoms. The molecule has 0 spiro atoms. The van der Waals surface area contributed by atoms with Crippen molar-refractivity contribution >= 4 is 34.7 Å². The predicted octanol–water partition coefficient (Wildman–Crippen LogP) is 1.83. The zero-order chi connectivity index (χ0) is 7.72. The molecular formula is C6H3Cl2NO. The fourth-order valence-electron chi connectivity index (χ4n) is 0.529. The molecular weight excluding hydrogens is 173 g/mol. The molecule has 1 aliphatic carbocycles. The Bertz CT molecular complexity index is 237. The van der Waals surface area contributed by atoms with Crippen LogP contribution in [0.25, 0.3) is 0 Å². The number of carbonyl (C=O) groups is 1. The molecule has 1 rings (SSSR count). The summed E-state index contributed by atoms with van der Waals surface area (Å²) in [5, 5.41) is 7.27. The van der Waals surface area contributed by atoms with Gasteiger partial charge in [0.1, 0.15) is 0 Å². The predicted molar refractivity (Wildman–Crippen MR) is 40.6 cm³/mol. The molecule has 10 heavy (non-hydrogen) atoms. The summed E-state index contributed by atoms with van der Waals surface area (Å²) in [6.07, 6.45) is 2.36. The van der Waals surface area contributed by atoms with Gasteiger partial charge in [0.05, 0.1) is 15.8 Å². The second-order valence-electron chi connectivity index (χ2n) is 1.76. The van der Waals surface area contributed by atoms with Gasteiger partial charge in [-0.25, -0.2) is 0 Å². The first kappa shape index (κ1) is 7.51. The second-order valence-corrected chi connectivity index (χ2v) is 2.58. The maximum Gasteiger partial charge on any atom is 0.198 e. The van der Waals surface area contributed by atoms with Crippen LogP contribution in [0.4, 0.5) is 0 Å². The molecule has 0 unspecified atom stereocenters. The standard InChI is InChI=1S/C6H3Cl2NO/c7-3-2-6(10)4(8)1-5(3)9/h1-2,9H. The molecule has 0 atom stereocenters. The molecule has 0 heterocycles. The Morgan fingerprint density at radius 2 is 1.80 bits per heavy atom. The van der Waals surface area contributed by atoms with Crippen molar-refractivity contribution in [2.75, 3.05) is 0 Å². The normalized spacial score (nSPS) is 18.6. The van der Waals surface area contributed by atoms with Crippen molar-refractivity contribution in [2.24, 2.45) is 0 Å². The van der Waals surface area contributed by atoms with E-state index < -0.39 is 0 Å². The van der Waals surface area contributed by atoms with Gasteiger partial charge in [0.25, 0.3) is 0 Å². The molecule has 0 bridgehead atoms. The number of hydrogen-bond acceptors (Lipinski definition) is 2. The number of carbonyl (C=O) groups excluding carboxylic acids is 1. The maximum absolute atomic E-state index is 10.7. The molecule has 1 N–H and O–H groups in total. The van der Waals surface area contributed by atoms with E-state index in [2.05, 4.69) is 0 Å². The first-order chi connectivity index (χ1) is 4.61. The summed E-state index contributed by atoms with van der Waals surface area (Å²) in [7, 11) is 0. The third kappa shape index (κ3) is 1.28. The largest absolute Gasteiger partial charge is 0.299 e. The Morgan fingerprint density at radius 3 is 2.30 bits per heavy atom. The van der Waals surface area contributed by atoms with E-state index in [9.17, 15) is 4.79 Å². The number of allylic oxidation sites excluding steroid dienone is 4. The van der Waals surface area contributed by atoms with Crippen LogP contribution in [0.5, 0.6) is 0 Å². The lowest BCUT2D eigenvalue weighted by Crippen LogP contribution is -2.05. The molecule has 0 amide bonds. The molecule has 52 valence electrons. The van der Waals surface area contributed by atoms with Crippen LogP contribution < -0.4 is 0 Å². The smallest absolute Gasteiger partial charge is 0.198 e. The highest BCUT2D eigenvalue weighted by atomic mass is 35.5. The Hall–Kier alpha value is -0.600. The fourth-order valence-corrected chi connectivity index (χ4v) is 0.846. The van der Waals surface area contributed by atoms with E-state index in [0.29, 0.717) is 0 Å². The van der Waals surface area contributed by atoms with Gasteiger partial charge in [-0.2, -0.15) is 0 Å². The minimum Gasteiger partial charge on any atom is -0.299 e. The van der Waals surface area contributed by atoms with Gasteiger partial charge in [-0.3, -0.25) is 10.2 Å². The fraction of sp³-hybridized carbons (Fsp3) is 0. The average molecular weight is 176 g/mol. The number of hydrogen-bond donors (Lipinski definition) is 1. The molecule has 1 aliphatic rings. The van der Waals surface area contributed by atoms with Crippen molar-refractivity contribution in [1.82, 2.24) is 0 Å². The van der Waals surface area contributed by atoms with E-state index in [1.165, 1.54) is 6.08 Å². The highest BCUT2D eigenvalue weighted by Crippen LogP contribution is 2.16. The molecule has 0 fully saturated rings. The minimum absolute atomic E-state index is 0.0365. The van der Waals surface area contributed by atoms with Gasteiger partial charge >= 0.3 is 0 Å². The van der Waals surface area contributed by atoms with Gasteiger partial charge in [0.15, 0.2) is 5.78 Å². The van der Waals surface area contributed by atoms with Gasteiger partial charge in [0, 0.05) is 6.08 Å². The van der Waals surface area contributed by atoms with Gasteiger partial charge < -0.3 is 0 Å². The molecule has 0 saturated carbocycles. The summed E-state index contributed by atoms with van der Waals surface area (Å²) in [6, 6.07) is 0. The van der Waals surface area contributed by atoms with Crippen LogP contribution >= 0.6 is 23.2 Å². The zero-order valence-corrected chi connectivity index (χ0v) is 6.33. The van der Waals surface area contributed by atoms with Gasteiger partial charge in [0.2, 0.25) is 0 Å². The first-order valence-electron chi connectivity index (χ1n) is 2.49. The lowest BCUT2D eigenvalue weighted by Gasteiger charge is -2.02. The Balaban J connectivity index is 3.03. The van der Waals surface area contributed by atoms with Crippen molar-refractivity contribution in [3.8, 4) is 0 Å². The lowest BCUT2D eigenvalue weighted by atomic mass is 10.1. The number of rotatable bonds is 0. The number of halogens is 2. The summed E-state index contributed by atoms with van der Waals surface area (Å²) in [5.74, 6) is -0.345. The van der Waals surface area contributed by atoms with E-state index in [1.807, 2.05) is 0 Å². The highest BCUT2D eigenvalue weighted by Gasteiger charge is 2.13. The molecule has 0 saturated heterocycles. The van der Waals surface area contributed by atoms with E-state index >= 15 is 0 Å². The van der Waals surface area contributed by atoms with Crippen molar-refractivity contribution < 1.29 is 4.79 Å². The van der Waals surface area contributed by atoms with Crippen LogP contribution in [0.15, 0.2) is 22.2 Å². The van der Waals surface area contributed by atoms with E-state index in [4.69, 9.17) is 28.6 Å². The number of nitrogens with one attached hydrogen (secondary N) is 1. The molecule has 2 nitrogen and oxygen atoms in total. The molecule has 0 aromatic rings. The molecule has 0 aliphatic heterocycles. The van der Waals surface area contributed by atoms with E-state index in [-0.39, 0.29) is 21.6 Å². The third-order valence-electron chi connectivity index (χ3n) is 1.02. The summed E-state index contributed by atoms with van der Waals surface area (Å²) < 4.78 is 0. The van der Waals surface area contributed by atoms with Crippen molar-refractivity contribution in [3.63, 3.8) is 0 Å². The summed E-state index contributed by atoms with van der Waals surface area (Å²) in [4.78, 5) is 10.7. The maximum atomic E-state index is 10.7. The second kappa shape index (κ2) is 2.56. The van der Waals surface area contributed by atoms with Crippen LogP contribution in [-0.2, 0) is 4.79 Å². The van der Waals surface area contributed by atoms with Gasteiger partial charge in [-0.15, -0.1) is 0 Å². The lowest BCUT2D eigenvalue weighted by molar-refractivity contribution is -0.110. The van der Waals surface area contributed by atoms with Crippen molar-refractivity contribution in [3.05, 3.63) is 22.2 Å². The van der Waals surface area contributed by atoms with Crippen LogP contribution in [0.1, 0.15) is 0 Å². The van der Waals surface area contributed by atoms with E-state index in [0.717, 1.165) is 6.08 Å². The minimum atomic E-state index is -0.345. The molecule has 0 radical (unpaired) electrons. The summed E-state index contributed by atoms with van der Waals surface area (Å²) in [6.45, 7) is 0. The Labute approximate surface area is 67.6 Å². The zero-order valence-electron chi connectivity index (χ0n) is 4.82. The monoisotopic (exact) mass is 175 g/mol. The van der Waals surface area contributed by atoms with Crippen molar-refractivity contribution in [2.45, 2.75) is 0 Å². The van der Waals surface area contributed by atoms with Gasteiger partial charge in [-0.1, -0.05) is 23.2 Å². The van der Waals surface area contributed by atoms with Crippen LogP contribution in [0.2, 0.25) is 0 Å². The Morgan fingerprint density at radius 1 is 1.20 bits per heavy atom. The quantitative estimate of drug-likeness (QED) is 0.562. The topological polar surface area (TPSA) is 40.9 Å². The van der Waals surface area contributed by atoms with Crippen LogP contribution in [0, 0.1) is 5.41 Å². The van der Waals surface area contributed by atoms with Crippen molar-refractivity contribution in [1.29, 1.82) is 5.41 Å². The van der Waals surface area contributed by atoms with Crippen LogP contribution in [0.3, 0.4) is 0 Å². The van der Waals surface area contributed by atoms with E-state index in [1.54, 1.807) is 0 Å².